The van der Waals surface area contributed by atoms with Gasteiger partial charge < -0.3 is 0 Å². The first kappa shape index (κ1) is 31.4. The summed E-state index contributed by atoms with van der Waals surface area (Å²) >= 11 is 0. The van der Waals surface area contributed by atoms with Crippen LogP contribution in [0.1, 0.15) is 171 Å². The van der Waals surface area contributed by atoms with Crippen LogP contribution in [0.15, 0.2) is 0 Å². The molecule has 0 radical (unpaired) electrons. The molecule has 0 spiro atoms. The van der Waals surface area contributed by atoms with Crippen LogP contribution < -0.4 is 0 Å². The van der Waals surface area contributed by atoms with Gasteiger partial charge in [0.25, 0.3) is 0 Å². The molecule has 0 aliphatic heterocycles. The van der Waals surface area contributed by atoms with Gasteiger partial charge in [0.15, 0.2) is 0 Å². The SMILES string of the molecule is CC1C2CCC(CC2)[C@H]1C.C[C@@H]1C2CCC(CC2)C1(C)C.C[C@H]1CC2CCC1(C)CC2.C[C@H]1CC2CCC1CC2. The minimum atomic E-state index is 0.654. The third-order valence-corrected chi connectivity index (χ3v) is 16.4. The number of hydrogen-bond acceptors (Lipinski definition) is 0. The van der Waals surface area contributed by atoms with Crippen molar-refractivity contribution in [2.24, 2.45) is 81.8 Å². The van der Waals surface area contributed by atoms with Crippen molar-refractivity contribution >= 4 is 0 Å². The van der Waals surface area contributed by atoms with E-state index in [0.29, 0.717) is 5.41 Å². The van der Waals surface area contributed by atoms with Gasteiger partial charge in [0.05, 0.1) is 0 Å². The summed E-state index contributed by atoms with van der Waals surface area (Å²) in [7, 11) is 0. The molecule has 0 saturated heterocycles. The molecular weight excluding hydrogens is 480 g/mol. The second-order valence-corrected chi connectivity index (χ2v) is 18.3. The summed E-state index contributed by atoms with van der Waals surface area (Å²) < 4.78 is 0. The lowest BCUT2D eigenvalue weighted by molar-refractivity contribution is -0.0319. The summed E-state index contributed by atoms with van der Waals surface area (Å²) in [5.41, 5.74) is 1.40. The van der Waals surface area contributed by atoms with E-state index in [-0.39, 0.29) is 0 Å². The van der Waals surface area contributed by atoms with Crippen molar-refractivity contribution in [3.8, 4) is 0 Å². The molecule has 12 fully saturated rings. The van der Waals surface area contributed by atoms with Crippen molar-refractivity contribution in [1.29, 1.82) is 0 Å². The second kappa shape index (κ2) is 12.9. The zero-order valence-electron chi connectivity index (χ0n) is 28.7. The highest BCUT2D eigenvalue weighted by atomic mass is 14.5. The van der Waals surface area contributed by atoms with E-state index in [1.165, 1.54) is 83.5 Å². The van der Waals surface area contributed by atoms with Crippen LogP contribution in [0.5, 0.6) is 0 Å². The quantitative estimate of drug-likeness (QED) is 0.280. The molecule has 0 heteroatoms. The van der Waals surface area contributed by atoms with E-state index in [0.717, 1.165) is 76.4 Å². The summed E-state index contributed by atoms with van der Waals surface area (Å²) in [6.07, 6.45) is 27.6. The summed E-state index contributed by atoms with van der Waals surface area (Å²) in [6.45, 7) is 19.7. The van der Waals surface area contributed by atoms with Crippen LogP contribution in [0.25, 0.3) is 0 Å². The van der Waals surface area contributed by atoms with Gasteiger partial charge in [-0.1, -0.05) is 68.2 Å². The topological polar surface area (TPSA) is 0 Å². The summed E-state index contributed by atoms with van der Waals surface area (Å²) in [5, 5.41) is 0. The Morgan fingerprint density at radius 1 is 0.450 bits per heavy atom. The van der Waals surface area contributed by atoms with Gasteiger partial charge >= 0.3 is 0 Å². The van der Waals surface area contributed by atoms with E-state index < -0.39 is 0 Å². The number of hydrogen-bond donors (Lipinski definition) is 0. The Kier molecular flexibility index (Phi) is 10.2. The zero-order valence-corrected chi connectivity index (χ0v) is 28.7. The third-order valence-electron chi connectivity index (χ3n) is 16.4. The maximum atomic E-state index is 2.49. The van der Waals surface area contributed by atoms with E-state index in [1.54, 1.807) is 32.1 Å². The van der Waals surface area contributed by atoms with Gasteiger partial charge in [-0.05, 0) is 185 Å². The smallest absolute Gasteiger partial charge is 0.0298 e. The Bertz CT molecular complexity index is 736. The summed E-state index contributed by atoms with van der Waals surface area (Å²) in [6, 6.07) is 0. The molecule has 1 unspecified atom stereocenters. The van der Waals surface area contributed by atoms with Gasteiger partial charge in [0.1, 0.15) is 0 Å². The van der Waals surface area contributed by atoms with Crippen LogP contribution in [0.2, 0.25) is 0 Å². The first-order valence-corrected chi connectivity index (χ1v) is 19.0. The predicted molar refractivity (Wildman–Crippen MR) is 175 cm³/mol. The molecule has 12 aliphatic rings. The Morgan fingerprint density at radius 2 is 0.900 bits per heavy atom. The molecule has 12 saturated carbocycles. The minimum Gasteiger partial charge on any atom is -0.0622 e. The maximum absolute atomic E-state index is 2.49. The summed E-state index contributed by atoms with van der Waals surface area (Å²) in [5.74, 6) is 12.8. The Labute approximate surface area is 252 Å². The van der Waals surface area contributed by atoms with E-state index in [9.17, 15) is 0 Å². The van der Waals surface area contributed by atoms with Crippen LogP contribution >= 0.6 is 0 Å². The highest BCUT2D eigenvalue weighted by Gasteiger charge is 2.46. The van der Waals surface area contributed by atoms with Crippen molar-refractivity contribution in [3.05, 3.63) is 0 Å². The fraction of sp³-hybridized carbons (Fsp3) is 1.00. The van der Waals surface area contributed by atoms with Gasteiger partial charge in [0, 0.05) is 0 Å². The molecule has 0 nitrogen and oxygen atoms in total. The average molecular weight is 553 g/mol. The molecule has 12 aliphatic carbocycles. The molecule has 0 heterocycles. The zero-order chi connectivity index (χ0) is 28.7. The second-order valence-electron chi connectivity index (χ2n) is 18.3. The molecule has 0 amide bonds. The third kappa shape index (κ3) is 6.72. The molecular formula is C40H72. The maximum Gasteiger partial charge on any atom is -0.0298 e. The van der Waals surface area contributed by atoms with Gasteiger partial charge in [-0.25, -0.2) is 0 Å². The highest BCUT2D eigenvalue weighted by molar-refractivity contribution is 4.96. The molecule has 0 aromatic carbocycles. The van der Waals surface area contributed by atoms with Crippen LogP contribution in [0, 0.1) is 81.8 Å². The predicted octanol–water partition coefficient (Wildman–Crippen LogP) is 12.6. The monoisotopic (exact) mass is 553 g/mol. The number of fused-ring (bicyclic) bond motifs is 12. The lowest BCUT2D eigenvalue weighted by Gasteiger charge is -2.53. The normalized spacial score (nSPS) is 51.0. The first-order chi connectivity index (χ1) is 19.0. The van der Waals surface area contributed by atoms with Crippen molar-refractivity contribution in [2.45, 2.75) is 171 Å². The largest absolute Gasteiger partial charge is 0.0622 e. The van der Waals surface area contributed by atoms with Gasteiger partial charge in [0.2, 0.25) is 0 Å². The standard InChI is InChI=1S/C11H20.2C10H18.C9H16/c1-8-9-4-6-10(7-5-9)11(8,2)3;1-8-7-9-3-5-10(8,2)6-4-9;1-7-8(2)10-5-3-9(7)4-6-10;1-7-6-8-2-4-9(7)5-3-8/h8-10H,4-7H2,1-3H3;8-9H,3-7H2,1-2H3;7-10H,3-6H2,1-2H3;7-9H,2-6H2,1H3/t2*8-,9?,10?;7-,8?,9?,10?;7-,8?,9?/m1000/s1. The van der Waals surface area contributed by atoms with E-state index in [1.807, 2.05) is 0 Å². The molecule has 12 rings (SSSR count). The number of rotatable bonds is 0. The fourth-order valence-electron chi connectivity index (χ4n) is 12.0. The van der Waals surface area contributed by atoms with Crippen molar-refractivity contribution < 1.29 is 0 Å². The molecule has 40 heavy (non-hydrogen) atoms. The molecule has 8 bridgehead atoms. The van der Waals surface area contributed by atoms with Crippen LogP contribution in [-0.4, -0.2) is 0 Å². The molecule has 0 aromatic rings. The van der Waals surface area contributed by atoms with E-state index in [4.69, 9.17) is 0 Å². The van der Waals surface area contributed by atoms with Crippen molar-refractivity contribution in [3.63, 3.8) is 0 Å². The van der Waals surface area contributed by atoms with Crippen LogP contribution in [0.4, 0.5) is 0 Å². The first-order valence-electron chi connectivity index (χ1n) is 19.0. The van der Waals surface area contributed by atoms with Gasteiger partial charge in [-0.15, -0.1) is 0 Å². The lowest BCUT2D eigenvalue weighted by Crippen LogP contribution is -2.44. The fourth-order valence-corrected chi connectivity index (χ4v) is 12.0. The van der Waals surface area contributed by atoms with Crippen LogP contribution in [0.3, 0.4) is 0 Å². The van der Waals surface area contributed by atoms with Crippen molar-refractivity contribution in [2.75, 3.05) is 0 Å². The Hall–Kier alpha value is 0. The van der Waals surface area contributed by atoms with Gasteiger partial charge in [-0.2, -0.15) is 0 Å². The van der Waals surface area contributed by atoms with E-state index >= 15 is 0 Å². The lowest BCUT2D eigenvalue weighted by atomic mass is 9.52. The van der Waals surface area contributed by atoms with E-state index in [2.05, 4.69) is 55.4 Å². The Balaban J connectivity index is 0.000000108. The minimum absolute atomic E-state index is 0.654. The van der Waals surface area contributed by atoms with Crippen molar-refractivity contribution in [1.82, 2.24) is 0 Å². The highest BCUT2D eigenvalue weighted by Crippen LogP contribution is 2.56. The molecule has 0 N–H and O–H groups in total. The van der Waals surface area contributed by atoms with Gasteiger partial charge in [-0.3, -0.25) is 0 Å². The molecule has 232 valence electrons. The summed E-state index contributed by atoms with van der Waals surface area (Å²) in [4.78, 5) is 0. The average Bonchev–Trinajstić information content (AvgIpc) is 2.97. The molecule has 5 atom stereocenters. The Morgan fingerprint density at radius 3 is 1.15 bits per heavy atom. The van der Waals surface area contributed by atoms with Crippen LogP contribution in [-0.2, 0) is 0 Å². The molecule has 0 aromatic heterocycles.